The summed E-state index contributed by atoms with van der Waals surface area (Å²) in [6.45, 7) is 1.98. The molecule has 0 saturated heterocycles. The van der Waals surface area contributed by atoms with Gasteiger partial charge in [-0.1, -0.05) is 54.1 Å². The van der Waals surface area contributed by atoms with E-state index in [-0.39, 0.29) is 11.5 Å². The van der Waals surface area contributed by atoms with Gasteiger partial charge in [-0.3, -0.25) is 9.59 Å². The predicted molar refractivity (Wildman–Crippen MR) is 84.1 cm³/mol. The molecule has 22 heavy (non-hydrogen) atoms. The first kappa shape index (κ1) is 14.0. The van der Waals surface area contributed by atoms with Crippen molar-refractivity contribution >= 4 is 12.1 Å². The van der Waals surface area contributed by atoms with Crippen molar-refractivity contribution in [2.45, 2.75) is 6.92 Å². The SMILES string of the molecule is Cc1ccc(C(=O)c2ccccc2-c2ccc(C=O)o2)cc1. The average Bonchev–Trinajstić information content (AvgIpc) is 3.04. The second-order valence-corrected chi connectivity index (χ2v) is 5.06. The van der Waals surface area contributed by atoms with Crippen LogP contribution in [0, 0.1) is 6.92 Å². The van der Waals surface area contributed by atoms with Crippen LogP contribution in [-0.4, -0.2) is 12.1 Å². The molecule has 2 aromatic carbocycles. The van der Waals surface area contributed by atoms with E-state index in [4.69, 9.17) is 4.42 Å². The fourth-order valence-electron chi connectivity index (χ4n) is 2.32. The first-order chi connectivity index (χ1) is 10.7. The lowest BCUT2D eigenvalue weighted by Crippen LogP contribution is -2.03. The Kier molecular flexibility index (Phi) is 3.71. The normalized spacial score (nSPS) is 10.4. The zero-order valence-corrected chi connectivity index (χ0v) is 12.1. The Labute approximate surface area is 128 Å². The van der Waals surface area contributed by atoms with Crippen LogP contribution in [0.4, 0.5) is 0 Å². The van der Waals surface area contributed by atoms with Crippen LogP contribution in [0.15, 0.2) is 65.1 Å². The highest BCUT2D eigenvalue weighted by molar-refractivity contribution is 6.12. The van der Waals surface area contributed by atoms with Crippen LogP contribution in [0.3, 0.4) is 0 Å². The third-order valence-electron chi connectivity index (χ3n) is 3.49. The van der Waals surface area contributed by atoms with Gasteiger partial charge in [-0.15, -0.1) is 0 Å². The van der Waals surface area contributed by atoms with E-state index in [2.05, 4.69) is 0 Å². The van der Waals surface area contributed by atoms with Crippen molar-refractivity contribution in [3.63, 3.8) is 0 Å². The van der Waals surface area contributed by atoms with E-state index in [1.165, 1.54) is 0 Å². The summed E-state index contributed by atoms with van der Waals surface area (Å²) in [5, 5.41) is 0. The second-order valence-electron chi connectivity index (χ2n) is 5.06. The molecule has 0 aliphatic heterocycles. The number of hydrogen-bond donors (Lipinski definition) is 0. The molecular weight excluding hydrogens is 276 g/mol. The first-order valence-electron chi connectivity index (χ1n) is 6.95. The van der Waals surface area contributed by atoms with Gasteiger partial charge >= 0.3 is 0 Å². The molecule has 0 aliphatic rings. The summed E-state index contributed by atoms with van der Waals surface area (Å²) >= 11 is 0. The first-order valence-corrected chi connectivity index (χ1v) is 6.95. The zero-order chi connectivity index (χ0) is 15.5. The van der Waals surface area contributed by atoms with Crippen molar-refractivity contribution in [1.82, 2.24) is 0 Å². The summed E-state index contributed by atoms with van der Waals surface area (Å²) in [6, 6.07) is 18.0. The lowest BCUT2D eigenvalue weighted by molar-refractivity contribution is 0.103. The van der Waals surface area contributed by atoms with Crippen LogP contribution in [0.1, 0.15) is 32.0 Å². The van der Waals surface area contributed by atoms with E-state index in [1.807, 2.05) is 49.4 Å². The van der Waals surface area contributed by atoms with E-state index >= 15 is 0 Å². The second kappa shape index (κ2) is 5.82. The molecule has 3 nitrogen and oxygen atoms in total. The lowest BCUT2D eigenvalue weighted by atomic mass is 9.96. The van der Waals surface area contributed by atoms with E-state index < -0.39 is 0 Å². The number of benzene rings is 2. The van der Waals surface area contributed by atoms with E-state index in [1.54, 1.807) is 18.2 Å². The van der Waals surface area contributed by atoms with Gasteiger partial charge in [-0.2, -0.15) is 0 Å². The predicted octanol–water partition coefficient (Wildman–Crippen LogP) is 4.30. The van der Waals surface area contributed by atoms with Crippen molar-refractivity contribution in [3.8, 4) is 11.3 Å². The van der Waals surface area contributed by atoms with Gasteiger partial charge in [-0.05, 0) is 19.1 Å². The molecule has 108 valence electrons. The maximum absolute atomic E-state index is 12.7. The fraction of sp³-hybridized carbons (Fsp3) is 0.0526. The standard InChI is InChI=1S/C19H14O3/c1-13-6-8-14(9-7-13)19(21)17-5-3-2-4-16(17)18-11-10-15(12-20)22-18/h2-12H,1H3. The van der Waals surface area contributed by atoms with Gasteiger partial charge in [0.1, 0.15) is 5.76 Å². The van der Waals surface area contributed by atoms with E-state index in [9.17, 15) is 9.59 Å². The molecule has 3 aromatic rings. The van der Waals surface area contributed by atoms with Gasteiger partial charge in [-0.25, -0.2) is 0 Å². The maximum atomic E-state index is 12.7. The highest BCUT2D eigenvalue weighted by Crippen LogP contribution is 2.27. The van der Waals surface area contributed by atoms with Crippen molar-refractivity contribution in [1.29, 1.82) is 0 Å². The van der Waals surface area contributed by atoms with Gasteiger partial charge in [0, 0.05) is 16.7 Å². The maximum Gasteiger partial charge on any atom is 0.193 e. The smallest absolute Gasteiger partial charge is 0.193 e. The Hall–Kier alpha value is -2.94. The van der Waals surface area contributed by atoms with Gasteiger partial charge in [0.15, 0.2) is 17.8 Å². The minimum absolute atomic E-state index is 0.0698. The summed E-state index contributed by atoms with van der Waals surface area (Å²) in [5.74, 6) is 0.686. The van der Waals surface area contributed by atoms with Crippen LogP contribution in [-0.2, 0) is 0 Å². The Balaban J connectivity index is 2.06. The molecule has 0 atom stereocenters. The van der Waals surface area contributed by atoms with Crippen molar-refractivity contribution in [2.75, 3.05) is 0 Å². The number of aldehydes is 1. The largest absolute Gasteiger partial charge is 0.453 e. The molecule has 3 rings (SSSR count). The summed E-state index contributed by atoms with van der Waals surface area (Å²) in [7, 11) is 0. The highest BCUT2D eigenvalue weighted by Gasteiger charge is 2.16. The Bertz CT molecular complexity index is 826. The van der Waals surface area contributed by atoms with Crippen molar-refractivity contribution in [3.05, 3.63) is 83.1 Å². The van der Waals surface area contributed by atoms with Crippen LogP contribution in [0.25, 0.3) is 11.3 Å². The minimum Gasteiger partial charge on any atom is -0.453 e. The van der Waals surface area contributed by atoms with Crippen LogP contribution < -0.4 is 0 Å². The summed E-state index contributed by atoms with van der Waals surface area (Å²) < 4.78 is 5.44. The van der Waals surface area contributed by atoms with Crippen LogP contribution >= 0.6 is 0 Å². The van der Waals surface area contributed by atoms with Gasteiger partial charge in [0.05, 0.1) is 0 Å². The molecule has 0 N–H and O–H groups in total. The number of hydrogen-bond acceptors (Lipinski definition) is 3. The third kappa shape index (κ3) is 2.61. The number of aryl methyl sites for hydroxylation is 1. The number of furan rings is 1. The molecule has 0 saturated carbocycles. The van der Waals surface area contributed by atoms with Crippen LogP contribution in [0.5, 0.6) is 0 Å². The third-order valence-corrected chi connectivity index (χ3v) is 3.49. The van der Waals surface area contributed by atoms with E-state index in [0.717, 1.165) is 5.56 Å². The average molecular weight is 290 g/mol. The topological polar surface area (TPSA) is 47.3 Å². The van der Waals surface area contributed by atoms with E-state index in [0.29, 0.717) is 28.7 Å². The Morgan fingerprint density at radius 1 is 0.955 bits per heavy atom. The Morgan fingerprint density at radius 3 is 2.36 bits per heavy atom. The van der Waals surface area contributed by atoms with Gasteiger partial charge in [0.25, 0.3) is 0 Å². The molecule has 0 spiro atoms. The van der Waals surface area contributed by atoms with Crippen molar-refractivity contribution in [2.24, 2.45) is 0 Å². The Morgan fingerprint density at radius 2 is 1.68 bits per heavy atom. The summed E-state index contributed by atoms with van der Waals surface area (Å²) in [6.07, 6.45) is 0.647. The minimum atomic E-state index is -0.0698. The molecule has 1 aromatic heterocycles. The molecule has 0 unspecified atom stereocenters. The van der Waals surface area contributed by atoms with Gasteiger partial charge in [0.2, 0.25) is 0 Å². The van der Waals surface area contributed by atoms with Crippen molar-refractivity contribution < 1.29 is 14.0 Å². The quantitative estimate of drug-likeness (QED) is 0.531. The molecular formula is C19H14O3. The number of carbonyl (C=O) groups is 2. The monoisotopic (exact) mass is 290 g/mol. The molecule has 0 aliphatic carbocycles. The van der Waals surface area contributed by atoms with Crippen LogP contribution in [0.2, 0.25) is 0 Å². The number of rotatable bonds is 4. The summed E-state index contributed by atoms with van der Waals surface area (Å²) in [4.78, 5) is 23.5. The lowest BCUT2D eigenvalue weighted by Gasteiger charge is -2.07. The molecule has 0 fully saturated rings. The molecule has 0 bridgehead atoms. The molecule has 0 amide bonds. The van der Waals surface area contributed by atoms with Gasteiger partial charge < -0.3 is 4.42 Å². The molecule has 3 heteroatoms. The molecule has 1 heterocycles. The number of ketones is 1. The molecule has 0 radical (unpaired) electrons. The number of carbonyl (C=O) groups excluding carboxylic acids is 2. The fourth-order valence-corrected chi connectivity index (χ4v) is 2.32. The highest BCUT2D eigenvalue weighted by atomic mass is 16.3. The summed E-state index contributed by atoms with van der Waals surface area (Å²) in [5.41, 5.74) is 2.96. The zero-order valence-electron chi connectivity index (χ0n) is 12.1.